The number of rotatable bonds is 3. The van der Waals surface area contributed by atoms with Gasteiger partial charge in [-0.1, -0.05) is 5.92 Å². The maximum absolute atomic E-state index is 12.1. The van der Waals surface area contributed by atoms with Crippen molar-refractivity contribution in [1.82, 2.24) is 0 Å². The predicted molar refractivity (Wildman–Crippen MR) is 85.1 cm³/mol. The van der Waals surface area contributed by atoms with Crippen molar-refractivity contribution in [3.63, 3.8) is 0 Å². The average Bonchev–Trinajstić information content (AvgIpc) is 2.37. The quantitative estimate of drug-likeness (QED) is 0.872. The van der Waals surface area contributed by atoms with Gasteiger partial charge in [-0.15, -0.1) is 6.42 Å². The molecule has 0 spiro atoms. The summed E-state index contributed by atoms with van der Waals surface area (Å²) < 4.78 is 5.30. The Balaban J connectivity index is 3.21. The van der Waals surface area contributed by atoms with Crippen LogP contribution >= 0.6 is 0 Å². The van der Waals surface area contributed by atoms with E-state index in [-0.39, 0.29) is 6.42 Å². The molecule has 0 saturated heterocycles. The van der Waals surface area contributed by atoms with Gasteiger partial charge in [0.1, 0.15) is 5.60 Å². The van der Waals surface area contributed by atoms with E-state index in [0.717, 1.165) is 5.56 Å². The van der Waals surface area contributed by atoms with E-state index in [1.54, 1.807) is 46.9 Å². The van der Waals surface area contributed by atoms with E-state index in [2.05, 4.69) is 5.92 Å². The van der Waals surface area contributed by atoms with Crippen LogP contribution in [0.3, 0.4) is 0 Å². The van der Waals surface area contributed by atoms with E-state index in [0.29, 0.717) is 16.8 Å². The first kappa shape index (κ1) is 17.6. The Morgan fingerprint density at radius 1 is 1.36 bits per heavy atom. The zero-order valence-electron chi connectivity index (χ0n) is 13.6. The standard InChI is InChI=1S/C17H21NO4/c1-7-12-8-14(9-13(11(12)2)10-15(19)20)18(6)16(21)22-17(3,4)5/h1,8-9H,10H2,2-6H3,(H,19,20). The number of aliphatic carboxylic acids is 1. The summed E-state index contributed by atoms with van der Waals surface area (Å²) in [7, 11) is 1.56. The molecule has 0 radical (unpaired) electrons. The van der Waals surface area contributed by atoms with Gasteiger partial charge in [0.25, 0.3) is 0 Å². The van der Waals surface area contributed by atoms with Gasteiger partial charge >= 0.3 is 12.1 Å². The Morgan fingerprint density at radius 3 is 2.41 bits per heavy atom. The number of carboxylic acids is 1. The van der Waals surface area contributed by atoms with Gasteiger partial charge in [0.05, 0.1) is 6.42 Å². The number of carbonyl (C=O) groups excluding carboxylic acids is 1. The van der Waals surface area contributed by atoms with Crippen LogP contribution in [-0.2, 0) is 16.0 Å². The molecule has 22 heavy (non-hydrogen) atoms. The van der Waals surface area contributed by atoms with Crippen LogP contribution in [0, 0.1) is 19.3 Å². The minimum atomic E-state index is -0.955. The molecule has 0 unspecified atom stereocenters. The van der Waals surface area contributed by atoms with Crippen LogP contribution in [0.15, 0.2) is 12.1 Å². The first-order valence-electron chi connectivity index (χ1n) is 6.84. The molecule has 1 aromatic carbocycles. The van der Waals surface area contributed by atoms with E-state index in [1.807, 2.05) is 0 Å². The maximum atomic E-state index is 12.1. The first-order valence-corrected chi connectivity index (χ1v) is 6.84. The minimum absolute atomic E-state index is 0.156. The molecule has 0 aliphatic carbocycles. The summed E-state index contributed by atoms with van der Waals surface area (Å²) in [6, 6.07) is 3.32. The van der Waals surface area contributed by atoms with Crippen molar-refractivity contribution in [2.24, 2.45) is 0 Å². The largest absolute Gasteiger partial charge is 0.481 e. The lowest BCUT2D eigenvalue weighted by Gasteiger charge is -2.25. The fourth-order valence-electron chi connectivity index (χ4n) is 1.88. The normalized spacial score (nSPS) is 10.7. The van der Waals surface area contributed by atoms with Crippen LogP contribution in [0.4, 0.5) is 10.5 Å². The molecule has 1 N–H and O–H groups in total. The number of anilines is 1. The summed E-state index contributed by atoms with van der Waals surface area (Å²) in [5, 5.41) is 8.99. The summed E-state index contributed by atoms with van der Waals surface area (Å²) in [6.45, 7) is 7.09. The third-order valence-corrected chi connectivity index (χ3v) is 3.05. The Hall–Kier alpha value is -2.48. The van der Waals surface area contributed by atoms with E-state index in [1.165, 1.54) is 4.90 Å². The van der Waals surface area contributed by atoms with Crippen molar-refractivity contribution in [2.45, 2.75) is 39.7 Å². The summed E-state index contributed by atoms with van der Waals surface area (Å²) in [5.74, 6) is 1.56. The molecule has 0 saturated carbocycles. The number of ether oxygens (including phenoxy) is 1. The fourth-order valence-corrected chi connectivity index (χ4v) is 1.88. The van der Waals surface area contributed by atoms with Gasteiger partial charge in [-0.25, -0.2) is 4.79 Å². The summed E-state index contributed by atoms with van der Waals surface area (Å²) in [5.41, 5.74) is 1.75. The highest BCUT2D eigenvalue weighted by atomic mass is 16.6. The highest BCUT2D eigenvalue weighted by Gasteiger charge is 2.22. The van der Waals surface area contributed by atoms with Crippen LogP contribution in [0.1, 0.15) is 37.5 Å². The number of terminal acetylenes is 1. The minimum Gasteiger partial charge on any atom is -0.481 e. The Bertz CT molecular complexity index is 635. The van der Waals surface area contributed by atoms with Crippen LogP contribution in [0.2, 0.25) is 0 Å². The number of benzene rings is 1. The topological polar surface area (TPSA) is 66.8 Å². The molecule has 0 heterocycles. The molecule has 0 aromatic heterocycles. The molecule has 0 bridgehead atoms. The highest BCUT2D eigenvalue weighted by Crippen LogP contribution is 2.24. The third kappa shape index (κ3) is 4.52. The lowest BCUT2D eigenvalue weighted by Crippen LogP contribution is -2.34. The Morgan fingerprint density at radius 2 is 1.95 bits per heavy atom. The second-order valence-corrected chi connectivity index (χ2v) is 6.03. The number of amides is 1. The molecule has 0 atom stereocenters. The molecule has 1 aromatic rings. The number of carboxylic acid groups (broad SMARTS) is 1. The Kier molecular flexibility index (Phi) is 5.21. The SMILES string of the molecule is C#Cc1cc(N(C)C(=O)OC(C)(C)C)cc(CC(=O)O)c1C. The zero-order chi connectivity index (χ0) is 17.1. The predicted octanol–water partition coefficient (Wildman–Crippen LogP) is 2.97. The van der Waals surface area contributed by atoms with Gasteiger partial charge in [-0.3, -0.25) is 9.69 Å². The van der Waals surface area contributed by atoms with Crippen molar-refractivity contribution < 1.29 is 19.4 Å². The second-order valence-electron chi connectivity index (χ2n) is 6.03. The van der Waals surface area contributed by atoms with Crippen LogP contribution in [-0.4, -0.2) is 29.8 Å². The molecular formula is C17H21NO4. The van der Waals surface area contributed by atoms with Gasteiger partial charge in [-0.05, 0) is 51.0 Å². The number of carbonyl (C=O) groups is 2. The summed E-state index contributed by atoms with van der Waals surface area (Å²) in [4.78, 5) is 24.4. The van der Waals surface area contributed by atoms with E-state index >= 15 is 0 Å². The third-order valence-electron chi connectivity index (χ3n) is 3.05. The molecule has 0 aliphatic heterocycles. The summed E-state index contributed by atoms with van der Waals surface area (Å²) in [6.07, 6.45) is 4.78. The molecular weight excluding hydrogens is 282 g/mol. The Labute approximate surface area is 130 Å². The van der Waals surface area contributed by atoms with E-state index in [4.69, 9.17) is 16.3 Å². The van der Waals surface area contributed by atoms with Crippen molar-refractivity contribution in [1.29, 1.82) is 0 Å². The molecule has 118 valence electrons. The van der Waals surface area contributed by atoms with Gasteiger partial charge in [-0.2, -0.15) is 0 Å². The first-order chi connectivity index (χ1) is 10.0. The molecule has 0 fully saturated rings. The lowest BCUT2D eigenvalue weighted by atomic mass is 9.99. The fraction of sp³-hybridized carbons (Fsp3) is 0.412. The van der Waals surface area contributed by atoms with E-state index < -0.39 is 17.7 Å². The molecule has 1 rings (SSSR count). The van der Waals surface area contributed by atoms with Crippen molar-refractivity contribution >= 4 is 17.7 Å². The highest BCUT2D eigenvalue weighted by molar-refractivity contribution is 5.88. The van der Waals surface area contributed by atoms with E-state index in [9.17, 15) is 9.59 Å². The molecule has 0 aliphatic rings. The molecule has 5 heteroatoms. The van der Waals surface area contributed by atoms with Crippen molar-refractivity contribution in [3.05, 3.63) is 28.8 Å². The second kappa shape index (κ2) is 6.52. The number of hydrogen-bond acceptors (Lipinski definition) is 3. The lowest BCUT2D eigenvalue weighted by molar-refractivity contribution is -0.136. The summed E-state index contributed by atoms with van der Waals surface area (Å²) >= 11 is 0. The smallest absolute Gasteiger partial charge is 0.414 e. The molecule has 1 amide bonds. The monoisotopic (exact) mass is 303 g/mol. The van der Waals surface area contributed by atoms with Crippen LogP contribution in [0.25, 0.3) is 0 Å². The van der Waals surface area contributed by atoms with Crippen molar-refractivity contribution in [3.8, 4) is 12.3 Å². The molecule has 5 nitrogen and oxygen atoms in total. The van der Waals surface area contributed by atoms with Crippen LogP contribution < -0.4 is 4.90 Å². The van der Waals surface area contributed by atoms with Crippen LogP contribution in [0.5, 0.6) is 0 Å². The van der Waals surface area contributed by atoms with Gasteiger partial charge in [0, 0.05) is 18.3 Å². The van der Waals surface area contributed by atoms with Gasteiger partial charge < -0.3 is 9.84 Å². The average molecular weight is 303 g/mol. The number of nitrogens with zero attached hydrogens (tertiary/aromatic N) is 1. The maximum Gasteiger partial charge on any atom is 0.414 e. The number of hydrogen-bond donors (Lipinski definition) is 1. The van der Waals surface area contributed by atoms with Gasteiger partial charge in [0.2, 0.25) is 0 Å². The zero-order valence-corrected chi connectivity index (χ0v) is 13.6. The van der Waals surface area contributed by atoms with Crippen molar-refractivity contribution in [2.75, 3.05) is 11.9 Å². The van der Waals surface area contributed by atoms with Gasteiger partial charge in [0.15, 0.2) is 0 Å².